The molecule has 6 heteroatoms. The summed E-state index contributed by atoms with van der Waals surface area (Å²) >= 11 is 1.52. The Morgan fingerprint density at radius 2 is 1.96 bits per heavy atom. The van der Waals surface area contributed by atoms with Crippen LogP contribution < -0.4 is 0 Å². The quantitative estimate of drug-likeness (QED) is 0.823. The number of rotatable bonds is 5. The van der Waals surface area contributed by atoms with Crippen molar-refractivity contribution in [1.29, 1.82) is 0 Å². The summed E-state index contributed by atoms with van der Waals surface area (Å²) in [7, 11) is 5.88. The largest absolute Gasteiger partial charge is 0.377 e. The molecular formula is C19H25N3O2S. The van der Waals surface area contributed by atoms with Crippen LogP contribution in [0.15, 0.2) is 35.7 Å². The van der Waals surface area contributed by atoms with E-state index in [1.807, 2.05) is 40.6 Å². The number of hydrogen-bond acceptors (Lipinski definition) is 5. The molecule has 3 rings (SSSR count). The SMILES string of the molecule is COC1(CN(C)C)CCN(C(=O)c2csc(-c3ccccc3)n2)CC1. The number of carbonyl (C=O) groups is 1. The molecule has 0 aliphatic carbocycles. The van der Waals surface area contributed by atoms with E-state index in [2.05, 4.69) is 24.0 Å². The van der Waals surface area contributed by atoms with Crippen molar-refractivity contribution in [2.45, 2.75) is 18.4 Å². The van der Waals surface area contributed by atoms with Gasteiger partial charge in [-0.15, -0.1) is 11.3 Å². The zero-order valence-electron chi connectivity index (χ0n) is 15.1. The molecule has 1 aromatic heterocycles. The molecule has 2 heterocycles. The summed E-state index contributed by atoms with van der Waals surface area (Å²) in [6.45, 7) is 2.29. The van der Waals surface area contributed by atoms with Crippen molar-refractivity contribution in [1.82, 2.24) is 14.8 Å². The van der Waals surface area contributed by atoms with Gasteiger partial charge in [-0.25, -0.2) is 4.98 Å². The average molecular weight is 359 g/mol. The fraction of sp³-hybridized carbons (Fsp3) is 0.474. The van der Waals surface area contributed by atoms with E-state index in [9.17, 15) is 4.79 Å². The maximum absolute atomic E-state index is 12.8. The van der Waals surface area contributed by atoms with Crippen LogP contribution >= 0.6 is 11.3 Å². The number of thiazole rings is 1. The number of methoxy groups -OCH3 is 1. The number of nitrogens with zero attached hydrogens (tertiary/aromatic N) is 3. The van der Waals surface area contributed by atoms with E-state index in [1.54, 1.807) is 7.11 Å². The average Bonchev–Trinajstić information content (AvgIpc) is 3.12. The maximum Gasteiger partial charge on any atom is 0.273 e. The van der Waals surface area contributed by atoms with E-state index in [4.69, 9.17) is 4.74 Å². The van der Waals surface area contributed by atoms with Crippen molar-refractivity contribution in [3.63, 3.8) is 0 Å². The molecular weight excluding hydrogens is 334 g/mol. The third kappa shape index (κ3) is 4.08. The lowest BCUT2D eigenvalue weighted by Gasteiger charge is -2.42. The zero-order chi connectivity index (χ0) is 17.9. The first-order chi connectivity index (χ1) is 12.0. The van der Waals surface area contributed by atoms with Gasteiger partial charge in [0.05, 0.1) is 5.60 Å². The van der Waals surface area contributed by atoms with Gasteiger partial charge in [-0.3, -0.25) is 4.79 Å². The number of amides is 1. The Hall–Kier alpha value is -1.76. The minimum Gasteiger partial charge on any atom is -0.377 e. The van der Waals surface area contributed by atoms with E-state index in [0.29, 0.717) is 18.8 Å². The molecule has 0 unspecified atom stereocenters. The number of likely N-dealkylation sites (tertiary alicyclic amines) is 1. The van der Waals surface area contributed by atoms with Crippen molar-refractivity contribution in [3.05, 3.63) is 41.4 Å². The Morgan fingerprint density at radius 1 is 1.28 bits per heavy atom. The molecule has 134 valence electrons. The second-order valence-electron chi connectivity index (χ2n) is 6.82. The van der Waals surface area contributed by atoms with Crippen molar-refractivity contribution < 1.29 is 9.53 Å². The van der Waals surface area contributed by atoms with Gasteiger partial charge < -0.3 is 14.5 Å². The predicted octanol–water partition coefficient (Wildman–Crippen LogP) is 2.99. The second kappa shape index (κ2) is 7.64. The van der Waals surface area contributed by atoms with Crippen LogP contribution in [0.5, 0.6) is 0 Å². The van der Waals surface area contributed by atoms with E-state index in [1.165, 1.54) is 11.3 Å². The second-order valence-corrected chi connectivity index (χ2v) is 7.68. The summed E-state index contributed by atoms with van der Waals surface area (Å²) in [6, 6.07) is 9.98. The highest BCUT2D eigenvalue weighted by molar-refractivity contribution is 7.13. The molecule has 1 fully saturated rings. The summed E-state index contributed by atoms with van der Waals surface area (Å²) in [4.78, 5) is 21.4. The molecule has 1 aliphatic heterocycles. The third-order valence-corrected chi connectivity index (χ3v) is 5.63. The maximum atomic E-state index is 12.8. The normalized spacial score (nSPS) is 17.0. The molecule has 1 amide bonds. The monoisotopic (exact) mass is 359 g/mol. The molecule has 2 aromatic rings. The van der Waals surface area contributed by atoms with Gasteiger partial charge in [-0.05, 0) is 26.9 Å². The Bertz CT molecular complexity index is 706. The number of ether oxygens (including phenoxy) is 1. The standard InChI is InChI=1S/C19H25N3O2S/c1-21(2)14-19(24-3)9-11-22(12-10-19)18(23)16-13-25-17(20-16)15-7-5-4-6-8-15/h4-8,13H,9-12,14H2,1-3H3. The smallest absolute Gasteiger partial charge is 0.273 e. The number of carbonyl (C=O) groups excluding carboxylic acids is 1. The first-order valence-corrected chi connectivity index (χ1v) is 9.41. The highest BCUT2D eigenvalue weighted by Gasteiger charge is 2.37. The van der Waals surface area contributed by atoms with Crippen molar-refractivity contribution in [2.75, 3.05) is 40.8 Å². The van der Waals surface area contributed by atoms with Gasteiger partial charge in [0.15, 0.2) is 0 Å². The summed E-state index contributed by atoms with van der Waals surface area (Å²) in [5, 5.41) is 2.75. The summed E-state index contributed by atoms with van der Waals surface area (Å²) in [5.41, 5.74) is 1.44. The fourth-order valence-corrected chi connectivity index (χ4v) is 4.17. The van der Waals surface area contributed by atoms with Crippen LogP contribution in [0.25, 0.3) is 10.6 Å². The van der Waals surface area contributed by atoms with Gasteiger partial charge in [0, 0.05) is 37.7 Å². The minimum absolute atomic E-state index is 0.0213. The van der Waals surface area contributed by atoms with Gasteiger partial charge in [0.25, 0.3) is 5.91 Å². The van der Waals surface area contributed by atoms with Crippen molar-refractivity contribution in [3.8, 4) is 10.6 Å². The summed E-state index contributed by atoms with van der Waals surface area (Å²) in [5.74, 6) is 0.0213. The molecule has 1 saturated heterocycles. The van der Waals surface area contributed by atoms with E-state index >= 15 is 0 Å². The van der Waals surface area contributed by atoms with Gasteiger partial charge >= 0.3 is 0 Å². The predicted molar refractivity (Wildman–Crippen MR) is 101 cm³/mol. The van der Waals surface area contributed by atoms with Gasteiger partial charge in [0.2, 0.25) is 0 Å². The topological polar surface area (TPSA) is 45.7 Å². The van der Waals surface area contributed by atoms with Crippen LogP contribution in [0.1, 0.15) is 23.3 Å². The Labute approximate surface area is 153 Å². The number of piperidine rings is 1. The first kappa shape index (κ1) is 18.0. The van der Waals surface area contributed by atoms with Gasteiger partial charge in [0.1, 0.15) is 10.7 Å². The third-order valence-electron chi connectivity index (χ3n) is 4.74. The van der Waals surface area contributed by atoms with Crippen LogP contribution in [0.4, 0.5) is 0 Å². The summed E-state index contributed by atoms with van der Waals surface area (Å²) in [6.07, 6.45) is 1.70. The molecule has 0 spiro atoms. The molecule has 0 radical (unpaired) electrons. The van der Waals surface area contributed by atoms with E-state index < -0.39 is 0 Å². The highest BCUT2D eigenvalue weighted by atomic mass is 32.1. The molecule has 0 saturated carbocycles. The molecule has 1 aliphatic rings. The van der Waals surface area contributed by atoms with Crippen LogP contribution in [-0.4, -0.2) is 67.1 Å². The lowest BCUT2D eigenvalue weighted by atomic mass is 9.90. The first-order valence-electron chi connectivity index (χ1n) is 8.53. The Morgan fingerprint density at radius 3 is 2.56 bits per heavy atom. The molecule has 1 aromatic carbocycles. The number of likely N-dealkylation sites (N-methyl/N-ethyl adjacent to an activating group) is 1. The van der Waals surface area contributed by atoms with Crippen LogP contribution in [0, 0.1) is 0 Å². The molecule has 0 bridgehead atoms. The van der Waals surface area contributed by atoms with Crippen molar-refractivity contribution >= 4 is 17.2 Å². The van der Waals surface area contributed by atoms with Gasteiger partial charge in [-0.1, -0.05) is 30.3 Å². The fourth-order valence-electron chi connectivity index (χ4n) is 3.37. The van der Waals surface area contributed by atoms with E-state index in [0.717, 1.165) is 30.0 Å². The van der Waals surface area contributed by atoms with Gasteiger partial charge in [-0.2, -0.15) is 0 Å². The van der Waals surface area contributed by atoms with Crippen LogP contribution in [0.3, 0.4) is 0 Å². The zero-order valence-corrected chi connectivity index (χ0v) is 15.9. The lowest BCUT2D eigenvalue weighted by Crippen LogP contribution is -2.52. The number of benzene rings is 1. The minimum atomic E-state index is -0.155. The Kier molecular flexibility index (Phi) is 5.51. The molecule has 5 nitrogen and oxygen atoms in total. The van der Waals surface area contributed by atoms with Crippen molar-refractivity contribution in [2.24, 2.45) is 0 Å². The summed E-state index contributed by atoms with van der Waals surface area (Å²) < 4.78 is 5.79. The molecule has 25 heavy (non-hydrogen) atoms. The van der Waals surface area contributed by atoms with Crippen LogP contribution in [0.2, 0.25) is 0 Å². The van der Waals surface area contributed by atoms with Crippen LogP contribution in [-0.2, 0) is 4.74 Å². The molecule has 0 atom stereocenters. The lowest BCUT2D eigenvalue weighted by molar-refractivity contribution is -0.0654. The highest BCUT2D eigenvalue weighted by Crippen LogP contribution is 2.28. The molecule has 0 N–H and O–H groups in total. The Balaban J connectivity index is 1.66. The van der Waals surface area contributed by atoms with E-state index in [-0.39, 0.29) is 11.5 Å². The number of aromatic nitrogens is 1. The number of hydrogen-bond donors (Lipinski definition) is 0.